The van der Waals surface area contributed by atoms with Crippen LogP contribution >= 0.6 is 0 Å². The van der Waals surface area contributed by atoms with Gasteiger partial charge in [0.2, 0.25) is 0 Å². The molecule has 3 nitrogen and oxygen atoms in total. The van der Waals surface area contributed by atoms with Crippen LogP contribution in [0.4, 0.5) is 0 Å². The maximum atomic E-state index is 9.52. The number of benzene rings is 1. The molecule has 0 spiro atoms. The molecule has 2 atom stereocenters. The second kappa shape index (κ2) is 6.21. The molecule has 0 radical (unpaired) electrons. The smallest absolute Gasteiger partial charge is 0.118 e. The van der Waals surface area contributed by atoms with E-state index in [1.807, 2.05) is 19.1 Å². The van der Waals surface area contributed by atoms with Gasteiger partial charge < -0.3 is 9.84 Å². The van der Waals surface area contributed by atoms with Gasteiger partial charge in [-0.25, -0.2) is 0 Å². The van der Waals surface area contributed by atoms with E-state index in [1.165, 1.54) is 18.4 Å². The van der Waals surface area contributed by atoms with E-state index in [-0.39, 0.29) is 6.10 Å². The van der Waals surface area contributed by atoms with Crippen LogP contribution in [0.5, 0.6) is 5.75 Å². The Labute approximate surface area is 109 Å². The van der Waals surface area contributed by atoms with Crippen molar-refractivity contribution >= 4 is 0 Å². The van der Waals surface area contributed by atoms with E-state index >= 15 is 0 Å². The number of nitrogens with zero attached hydrogens (tertiary/aromatic N) is 1. The fourth-order valence-electron chi connectivity index (χ4n) is 2.73. The molecule has 0 aromatic heterocycles. The zero-order valence-corrected chi connectivity index (χ0v) is 11.3. The minimum atomic E-state index is -0.202. The van der Waals surface area contributed by atoms with Gasteiger partial charge in [0.05, 0.1) is 13.2 Å². The molecule has 0 bridgehead atoms. The van der Waals surface area contributed by atoms with Crippen molar-refractivity contribution in [3.63, 3.8) is 0 Å². The molecule has 1 aliphatic rings. The summed E-state index contributed by atoms with van der Waals surface area (Å²) in [6.45, 7) is 3.99. The molecule has 100 valence electrons. The summed E-state index contributed by atoms with van der Waals surface area (Å²) in [6.07, 6.45) is 3.14. The number of aliphatic hydroxyl groups is 1. The van der Waals surface area contributed by atoms with Crippen molar-refractivity contribution in [2.45, 2.75) is 44.9 Å². The summed E-state index contributed by atoms with van der Waals surface area (Å²) < 4.78 is 5.17. The van der Waals surface area contributed by atoms with Crippen molar-refractivity contribution in [3.05, 3.63) is 29.8 Å². The molecule has 1 heterocycles. The highest BCUT2D eigenvalue weighted by atomic mass is 16.5. The van der Waals surface area contributed by atoms with Crippen molar-refractivity contribution in [1.29, 1.82) is 0 Å². The standard InChI is InChI=1S/C15H23NO2/c1-12(17)10-14-4-3-9-16(14)11-13-5-7-15(18-2)8-6-13/h5-8,12,14,17H,3-4,9-11H2,1-2H3. The first-order valence-corrected chi connectivity index (χ1v) is 6.74. The SMILES string of the molecule is COc1ccc(CN2CCCC2CC(C)O)cc1. The molecule has 1 N–H and O–H groups in total. The Kier molecular flexibility index (Phi) is 4.61. The van der Waals surface area contributed by atoms with Gasteiger partial charge in [-0.15, -0.1) is 0 Å². The van der Waals surface area contributed by atoms with Gasteiger partial charge >= 0.3 is 0 Å². The number of aliphatic hydroxyl groups excluding tert-OH is 1. The molecule has 2 unspecified atom stereocenters. The van der Waals surface area contributed by atoms with E-state index in [9.17, 15) is 5.11 Å². The van der Waals surface area contributed by atoms with E-state index in [1.54, 1.807) is 7.11 Å². The Morgan fingerprint density at radius 2 is 2.11 bits per heavy atom. The quantitative estimate of drug-likeness (QED) is 0.870. The van der Waals surface area contributed by atoms with Crippen LogP contribution in [-0.4, -0.2) is 35.8 Å². The summed E-state index contributed by atoms with van der Waals surface area (Å²) >= 11 is 0. The van der Waals surface area contributed by atoms with Gasteiger partial charge in [0.15, 0.2) is 0 Å². The lowest BCUT2D eigenvalue weighted by Crippen LogP contribution is -2.31. The Morgan fingerprint density at radius 3 is 2.72 bits per heavy atom. The molecule has 1 aromatic rings. The fourth-order valence-corrected chi connectivity index (χ4v) is 2.73. The van der Waals surface area contributed by atoms with E-state index in [2.05, 4.69) is 17.0 Å². The molecule has 0 aliphatic carbocycles. The Bertz CT molecular complexity index is 361. The number of hydrogen-bond donors (Lipinski definition) is 1. The van der Waals surface area contributed by atoms with Crippen LogP contribution in [0, 0.1) is 0 Å². The van der Waals surface area contributed by atoms with Crippen LogP contribution in [0.15, 0.2) is 24.3 Å². The summed E-state index contributed by atoms with van der Waals surface area (Å²) in [5.41, 5.74) is 1.31. The Hall–Kier alpha value is -1.06. The highest BCUT2D eigenvalue weighted by Crippen LogP contribution is 2.24. The molecule has 1 saturated heterocycles. The maximum Gasteiger partial charge on any atom is 0.118 e. The van der Waals surface area contributed by atoms with Crippen LogP contribution in [0.1, 0.15) is 31.7 Å². The lowest BCUT2D eigenvalue weighted by molar-refractivity contribution is 0.131. The second-order valence-corrected chi connectivity index (χ2v) is 5.20. The Morgan fingerprint density at radius 1 is 1.39 bits per heavy atom. The number of likely N-dealkylation sites (tertiary alicyclic amines) is 1. The molecule has 1 aromatic carbocycles. The predicted octanol–water partition coefficient (Wildman–Crippen LogP) is 2.43. The summed E-state index contributed by atoms with van der Waals surface area (Å²) in [4.78, 5) is 2.48. The molecule has 1 aliphatic heterocycles. The van der Waals surface area contributed by atoms with Gasteiger partial charge in [-0.2, -0.15) is 0 Å². The highest BCUT2D eigenvalue weighted by Gasteiger charge is 2.25. The molecule has 0 saturated carbocycles. The summed E-state index contributed by atoms with van der Waals surface area (Å²) in [7, 11) is 1.69. The predicted molar refractivity (Wildman–Crippen MR) is 72.7 cm³/mol. The third-order valence-corrected chi connectivity index (χ3v) is 3.66. The monoisotopic (exact) mass is 249 g/mol. The third kappa shape index (κ3) is 3.47. The largest absolute Gasteiger partial charge is 0.497 e. The second-order valence-electron chi connectivity index (χ2n) is 5.20. The van der Waals surface area contributed by atoms with Crippen molar-refractivity contribution in [2.75, 3.05) is 13.7 Å². The van der Waals surface area contributed by atoms with E-state index in [4.69, 9.17) is 4.74 Å². The normalized spacial score (nSPS) is 22.1. The highest BCUT2D eigenvalue weighted by molar-refractivity contribution is 5.27. The van der Waals surface area contributed by atoms with Crippen LogP contribution in [-0.2, 0) is 6.54 Å². The minimum Gasteiger partial charge on any atom is -0.497 e. The average Bonchev–Trinajstić information content (AvgIpc) is 2.77. The van der Waals surface area contributed by atoms with Crippen molar-refractivity contribution in [3.8, 4) is 5.75 Å². The van der Waals surface area contributed by atoms with Gasteiger partial charge in [-0.05, 0) is 50.4 Å². The first kappa shape index (κ1) is 13.4. The Balaban J connectivity index is 1.94. The minimum absolute atomic E-state index is 0.202. The lowest BCUT2D eigenvalue weighted by Gasteiger charge is -2.25. The summed E-state index contributed by atoms with van der Waals surface area (Å²) in [5, 5.41) is 9.52. The molecular weight excluding hydrogens is 226 g/mol. The fraction of sp³-hybridized carbons (Fsp3) is 0.600. The van der Waals surface area contributed by atoms with Gasteiger partial charge in [-0.1, -0.05) is 12.1 Å². The maximum absolute atomic E-state index is 9.52. The van der Waals surface area contributed by atoms with E-state index < -0.39 is 0 Å². The average molecular weight is 249 g/mol. The lowest BCUT2D eigenvalue weighted by atomic mass is 10.1. The number of methoxy groups -OCH3 is 1. The zero-order valence-electron chi connectivity index (χ0n) is 11.3. The number of hydrogen-bond acceptors (Lipinski definition) is 3. The van der Waals surface area contributed by atoms with Crippen molar-refractivity contribution in [1.82, 2.24) is 4.90 Å². The van der Waals surface area contributed by atoms with Crippen molar-refractivity contribution in [2.24, 2.45) is 0 Å². The molecule has 18 heavy (non-hydrogen) atoms. The van der Waals surface area contributed by atoms with Crippen LogP contribution in [0.3, 0.4) is 0 Å². The topological polar surface area (TPSA) is 32.7 Å². The molecular formula is C15H23NO2. The van der Waals surface area contributed by atoms with E-state index in [0.29, 0.717) is 6.04 Å². The summed E-state index contributed by atoms with van der Waals surface area (Å²) in [5.74, 6) is 0.903. The zero-order chi connectivity index (χ0) is 13.0. The summed E-state index contributed by atoms with van der Waals surface area (Å²) in [6, 6.07) is 8.80. The van der Waals surface area contributed by atoms with Crippen LogP contribution < -0.4 is 4.74 Å². The van der Waals surface area contributed by atoms with E-state index in [0.717, 1.165) is 25.3 Å². The van der Waals surface area contributed by atoms with Gasteiger partial charge in [0.1, 0.15) is 5.75 Å². The first-order chi connectivity index (χ1) is 8.69. The molecule has 1 fully saturated rings. The molecule has 3 heteroatoms. The van der Waals surface area contributed by atoms with Crippen molar-refractivity contribution < 1.29 is 9.84 Å². The molecule has 2 rings (SSSR count). The first-order valence-electron chi connectivity index (χ1n) is 6.74. The van der Waals surface area contributed by atoms with Gasteiger partial charge in [0.25, 0.3) is 0 Å². The van der Waals surface area contributed by atoms with Crippen LogP contribution in [0.25, 0.3) is 0 Å². The van der Waals surface area contributed by atoms with Crippen LogP contribution in [0.2, 0.25) is 0 Å². The van der Waals surface area contributed by atoms with Gasteiger partial charge in [-0.3, -0.25) is 4.90 Å². The van der Waals surface area contributed by atoms with Gasteiger partial charge in [0, 0.05) is 12.6 Å². The third-order valence-electron chi connectivity index (χ3n) is 3.66. The molecule has 0 amide bonds. The number of ether oxygens (including phenoxy) is 1. The number of rotatable bonds is 5.